The standard InChI is InChI=1S/C22H46BrO5P/c1-2-3-4-5-6-7-8-9-10-11-12-13-14-15-16-17-20-26-29(25,27-21-18-23)28-22-19-24/h24H,2-22H2,1H3. The fourth-order valence-electron chi connectivity index (χ4n) is 3.24. The minimum atomic E-state index is -3.53. The second-order valence-electron chi connectivity index (χ2n) is 7.66. The van der Waals surface area contributed by atoms with Crippen LogP contribution < -0.4 is 0 Å². The van der Waals surface area contributed by atoms with Crippen LogP contribution in [0.1, 0.15) is 110 Å². The summed E-state index contributed by atoms with van der Waals surface area (Å²) in [7, 11) is -3.53. The predicted octanol–water partition coefficient (Wildman–Crippen LogP) is 7.79. The zero-order valence-electron chi connectivity index (χ0n) is 18.8. The van der Waals surface area contributed by atoms with Crippen molar-refractivity contribution in [3.63, 3.8) is 0 Å². The van der Waals surface area contributed by atoms with E-state index >= 15 is 0 Å². The Bertz CT molecular complexity index is 359. The molecule has 5 nitrogen and oxygen atoms in total. The van der Waals surface area contributed by atoms with E-state index < -0.39 is 7.82 Å². The van der Waals surface area contributed by atoms with Crippen molar-refractivity contribution in [2.45, 2.75) is 110 Å². The van der Waals surface area contributed by atoms with Crippen molar-refractivity contribution >= 4 is 23.8 Å². The van der Waals surface area contributed by atoms with Gasteiger partial charge in [-0.15, -0.1) is 0 Å². The number of aliphatic hydroxyl groups excluding tert-OH is 1. The topological polar surface area (TPSA) is 65.0 Å². The molecule has 1 atom stereocenters. The molecule has 29 heavy (non-hydrogen) atoms. The lowest BCUT2D eigenvalue weighted by molar-refractivity contribution is 0.0986. The molecular weight excluding hydrogens is 455 g/mol. The van der Waals surface area contributed by atoms with Gasteiger partial charge in [-0.05, 0) is 6.42 Å². The van der Waals surface area contributed by atoms with Crippen LogP contribution in [0.25, 0.3) is 0 Å². The number of aliphatic hydroxyl groups is 1. The van der Waals surface area contributed by atoms with Gasteiger partial charge in [-0.25, -0.2) is 4.57 Å². The molecular formula is C22H46BrO5P. The van der Waals surface area contributed by atoms with E-state index in [2.05, 4.69) is 22.9 Å². The lowest BCUT2D eigenvalue weighted by Gasteiger charge is -2.17. The zero-order chi connectivity index (χ0) is 21.5. The molecule has 1 unspecified atom stereocenters. The minimum Gasteiger partial charge on any atom is -0.394 e. The van der Waals surface area contributed by atoms with Crippen molar-refractivity contribution in [2.24, 2.45) is 0 Å². The first-order valence-corrected chi connectivity index (χ1v) is 14.5. The molecule has 0 spiro atoms. The van der Waals surface area contributed by atoms with E-state index in [0.717, 1.165) is 12.8 Å². The Hall–Kier alpha value is 0.550. The van der Waals surface area contributed by atoms with Crippen molar-refractivity contribution < 1.29 is 23.2 Å². The summed E-state index contributed by atoms with van der Waals surface area (Å²) in [5, 5.41) is 9.37. The second-order valence-corrected chi connectivity index (χ2v) is 10.1. The number of phosphoric acid groups is 1. The predicted molar refractivity (Wildman–Crippen MR) is 126 cm³/mol. The first kappa shape index (κ1) is 29.5. The summed E-state index contributed by atoms with van der Waals surface area (Å²) in [6.45, 7) is 2.64. The lowest BCUT2D eigenvalue weighted by atomic mass is 10.0. The second kappa shape index (κ2) is 23.2. The van der Waals surface area contributed by atoms with Crippen LogP contribution >= 0.6 is 23.8 Å². The average Bonchev–Trinajstić information content (AvgIpc) is 2.73. The Balaban J connectivity index is 3.38. The molecule has 0 heterocycles. The summed E-state index contributed by atoms with van der Waals surface area (Å²) in [5.74, 6) is 0. The van der Waals surface area contributed by atoms with E-state index in [1.165, 1.54) is 89.9 Å². The third-order valence-corrected chi connectivity index (χ3v) is 6.73. The molecule has 0 aromatic carbocycles. The molecule has 0 bridgehead atoms. The molecule has 0 aliphatic heterocycles. The minimum absolute atomic E-state index is 0.0431. The third kappa shape index (κ3) is 21.6. The van der Waals surface area contributed by atoms with Crippen molar-refractivity contribution in [1.82, 2.24) is 0 Å². The highest BCUT2D eigenvalue weighted by molar-refractivity contribution is 9.09. The zero-order valence-corrected chi connectivity index (χ0v) is 21.2. The Morgan fingerprint density at radius 3 is 1.41 bits per heavy atom. The van der Waals surface area contributed by atoms with Gasteiger partial charge in [0.1, 0.15) is 0 Å². The van der Waals surface area contributed by atoms with Gasteiger partial charge in [0.15, 0.2) is 0 Å². The monoisotopic (exact) mass is 500 g/mol. The number of halogens is 1. The number of unbranched alkanes of at least 4 members (excludes halogenated alkanes) is 15. The van der Waals surface area contributed by atoms with Crippen LogP contribution in [0.15, 0.2) is 0 Å². The molecule has 0 rings (SSSR count). The van der Waals surface area contributed by atoms with Gasteiger partial charge < -0.3 is 5.11 Å². The molecule has 1 N–H and O–H groups in total. The highest BCUT2D eigenvalue weighted by Gasteiger charge is 2.25. The van der Waals surface area contributed by atoms with Crippen molar-refractivity contribution in [3.8, 4) is 0 Å². The summed E-state index contributed by atoms with van der Waals surface area (Å²) >= 11 is 3.22. The quantitative estimate of drug-likeness (QED) is 0.0831. The highest BCUT2D eigenvalue weighted by atomic mass is 79.9. The fourth-order valence-corrected chi connectivity index (χ4v) is 4.85. The first-order valence-electron chi connectivity index (χ1n) is 11.9. The molecule has 0 amide bonds. The summed E-state index contributed by atoms with van der Waals surface area (Å²) in [4.78, 5) is 0. The summed E-state index contributed by atoms with van der Waals surface area (Å²) in [6, 6.07) is 0. The Morgan fingerprint density at radius 1 is 0.621 bits per heavy atom. The van der Waals surface area contributed by atoms with Crippen molar-refractivity contribution in [2.75, 3.05) is 31.8 Å². The first-order chi connectivity index (χ1) is 14.2. The number of phosphoric ester groups is 1. The van der Waals surface area contributed by atoms with E-state index in [1.807, 2.05) is 0 Å². The Kier molecular flexibility index (Phi) is 23.7. The van der Waals surface area contributed by atoms with E-state index in [1.54, 1.807) is 0 Å². The third-order valence-electron chi connectivity index (χ3n) is 4.91. The maximum atomic E-state index is 12.3. The average molecular weight is 501 g/mol. The molecule has 0 aromatic rings. The molecule has 176 valence electrons. The molecule has 0 aromatic heterocycles. The maximum absolute atomic E-state index is 12.3. The number of hydrogen-bond donors (Lipinski definition) is 1. The summed E-state index contributed by atoms with van der Waals surface area (Å²) in [5.41, 5.74) is 0. The van der Waals surface area contributed by atoms with Gasteiger partial charge in [0.25, 0.3) is 0 Å². The van der Waals surface area contributed by atoms with E-state index in [9.17, 15) is 4.57 Å². The maximum Gasteiger partial charge on any atom is 0.474 e. The summed E-state index contributed by atoms with van der Waals surface area (Å²) < 4.78 is 27.8. The van der Waals surface area contributed by atoms with Gasteiger partial charge in [0.2, 0.25) is 0 Å². The van der Waals surface area contributed by atoms with Gasteiger partial charge >= 0.3 is 7.82 Å². The van der Waals surface area contributed by atoms with Gasteiger partial charge in [-0.1, -0.05) is 119 Å². The van der Waals surface area contributed by atoms with E-state index in [-0.39, 0.29) is 19.8 Å². The number of hydrogen-bond acceptors (Lipinski definition) is 5. The van der Waals surface area contributed by atoms with E-state index in [0.29, 0.717) is 11.9 Å². The summed E-state index contributed by atoms with van der Waals surface area (Å²) in [6.07, 6.45) is 21.0. The van der Waals surface area contributed by atoms with Gasteiger partial charge in [0.05, 0.1) is 26.4 Å². The largest absolute Gasteiger partial charge is 0.474 e. The van der Waals surface area contributed by atoms with Crippen LogP contribution in [-0.2, 0) is 18.1 Å². The van der Waals surface area contributed by atoms with Crippen molar-refractivity contribution in [1.29, 1.82) is 0 Å². The normalized spacial score (nSPS) is 13.6. The van der Waals surface area contributed by atoms with Gasteiger partial charge in [-0.3, -0.25) is 13.6 Å². The van der Waals surface area contributed by atoms with Crippen LogP contribution in [0.2, 0.25) is 0 Å². The number of rotatable bonds is 24. The smallest absolute Gasteiger partial charge is 0.394 e. The van der Waals surface area contributed by atoms with Crippen LogP contribution in [0.5, 0.6) is 0 Å². The molecule has 0 saturated carbocycles. The highest BCUT2D eigenvalue weighted by Crippen LogP contribution is 2.49. The molecule has 7 heteroatoms. The fraction of sp³-hybridized carbons (Fsp3) is 1.00. The molecule has 0 fully saturated rings. The Labute approximate surface area is 188 Å². The lowest BCUT2D eigenvalue weighted by Crippen LogP contribution is -2.06. The van der Waals surface area contributed by atoms with Crippen LogP contribution in [-0.4, -0.2) is 36.9 Å². The van der Waals surface area contributed by atoms with Gasteiger partial charge in [-0.2, -0.15) is 0 Å². The van der Waals surface area contributed by atoms with E-state index in [4.69, 9.17) is 18.7 Å². The van der Waals surface area contributed by atoms with Crippen LogP contribution in [0, 0.1) is 0 Å². The SMILES string of the molecule is CCCCCCCCCCCCCCCCCCOP(=O)(OCCO)OCCBr. The molecule has 0 radical (unpaired) electrons. The molecule has 0 aliphatic carbocycles. The number of alkyl halides is 1. The molecule has 0 saturated heterocycles. The van der Waals surface area contributed by atoms with Crippen LogP contribution in [0.3, 0.4) is 0 Å². The Morgan fingerprint density at radius 2 is 1.00 bits per heavy atom. The molecule has 0 aliphatic rings. The van der Waals surface area contributed by atoms with Crippen LogP contribution in [0.4, 0.5) is 0 Å². The van der Waals surface area contributed by atoms with Gasteiger partial charge in [0, 0.05) is 5.33 Å². The van der Waals surface area contributed by atoms with Crippen molar-refractivity contribution in [3.05, 3.63) is 0 Å².